The zero-order valence-corrected chi connectivity index (χ0v) is 20.8. The average molecular weight is 485 g/mol. The van der Waals surface area contributed by atoms with Gasteiger partial charge in [-0.05, 0) is 56.1 Å². The summed E-state index contributed by atoms with van der Waals surface area (Å²) in [6, 6.07) is 26.4. The second kappa shape index (κ2) is 9.44. The van der Waals surface area contributed by atoms with Gasteiger partial charge in [0.2, 0.25) is 5.82 Å². The van der Waals surface area contributed by atoms with Crippen LogP contribution < -0.4 is 10.2 Å². The zero-order chi connectivity index (χ0) is 23.7. The largest absolute Gasteiger partial charge is 0.351 e. The number of aryl methyl sites for hydroxylation is 1. The molecule has 1 aliphatic heterocycles. The van der Waals surface area contributed by atoms with Crippen LogP contribution in [0.4, 0.5) is 5.69 Å². The molecule has 0 bridgehead atoms. The van der Waals surface area contributed by atoms with Crippen LogP contribution in [0.3, 0.4) is 0 Å². The van der Waals surface area contributed by atoms with Gasteiger partial charge in [-0.2, -0.15) is 4.98 Å². The molecule has 0 saturated heterocycles. The number of hydrogen-bond donors (Lipinski definition) is 1. The van der Waals surface area contributed by atoms with Gasteiger partial charge >= 0.3 is 0 Å². The summed E-state index contributed by atoms with van der Waals surface area (Å²) in [5.74, 6) is 1.03. The number of nitrogens with zero attached hydrogens (tertiary/aromatic N) is 3. The Bertz CT molecular complexity index is 1360. The molecule has 1 aliphatic rings. The fourth-order valence-corrected chi connectivity index (χ4v) is 4.94. The van der Waals surface area contributed by atoms with Crippen molar-refractivity contribution in [3.8, 4) is 11.4 Å². The molecule has 0 spiro atoms. The molecular weight excluding hydrogens is 460 g/mol. The number of aromatic nitrogens is 2. The van der Waals surface area contributed by atoms with Crippen molar-refractivity contribution in [2.45, 2.75) is 24.8 Å². The highest BCUT2D eigenvalue weighted by atomic mass is 32.2. The van der Waals surface area contributed by atoms with E-state index in [0.29, 0.717) is 16.8 Å². The molecule has 1 atom stereocenters. The molecule has 0 radical (unpaired) electrons. The standard InChI is InChI=1S/C27H24N4OS2/c1-17-12-14-19(15-13-17)24-23(26-29-25(30-32-26)20-8-5-4-6-9-20)18(2)31(27(33)28-24)21-10-7-11-22(16-21)34-3/h4-16,24H,1-3H3,(H,28,33). The molecule has 1 N–H and O–H groups in total. The third kappa shape index (κ3) is 4.24. The van der Waals surface area contributed by atoms with E-state index in [2.05, 4.69) is 73.0 Å². The summed E-state index contributed by atoms with van der Waals surface area (Å²) >= 11 is 7.56. The van der Waals surface area contributed by atoms with Crippen molar-refractivity contribution in [2.75, 3.05) is 11.2 Å². The van der Waals surface area contributed by atoms with Crippen LogP contribution in [0.5, 0.6) is 0 Å². The SMILES string of the molecule is CSc1cccc(N2C(=S)NC(c3ccc(C)cc3)C(c3nc(-c4ccccc4)no3)=C2C)c1. The van der Waals surface area contributed by atoms with E-state index in [1.807, 2.05) is 41.3 Å². The maximum Gasteiger partial charge on any atom is 0.258 e. The molecule has 5 rings (SSSR count). The molecule has 5 nitrogen and oxygen atoms in total. The van der Waals surface area contributed by atoms with Gasteiger partial charge < -0.3 is 9.84 Å². The van der Waals surface area contributed by atoms with Gasteiger partial charge in [0.1, 0.15) is 0 Å². The number of thioether (sulfide) groups is 1. The predicted molar refractivity (Wildman–Crippen MR) is 143 cm³/mol. The minimum atomic E-state index is -0.211. The van der Waals surface area contributed by atoms with Crippen LogP contribution >= 0.6 is 24.0 Å². The zero-order valence-electron chi connectivity index (χ0n) is 19.1. The number of anilines is 1. The number of hydrogen-bond acceptors (Lipinski definition) is 5. The summed E-state index contributed by atoms with van der Waals surface area (Å²) in [4.78, 5) is 7.99. The van der Waals surface area contributed by atoms with Crippen molar-refractivity contribution in [1.82, 2.24) is 15.5 Å². The predicted octanol–water partition coefficient (Wildman–Crippen LogP) is 6.63. The van der Waals surface area contributed by atoms with E-state index >= 15 is 0 Å². The van der Waals surface area contributed by atoms with E-state index in [0.717, 1.165) is 28.1 Å². The molecule has 170 valence electrons. The first-order chi connectivity index (χ1) is 16.5. The van der Waals surface area contributed by atoms with Crippen LogP contribution in [0.1, 0.15) is 30.0 Å². The summed E-state index contributed by atoms with van der Waals surface area (Å²) in [5.41, 5.74) is 6.04. The highest BCUT2D eigenvalue weighted by Crippen LogP contribution is 2.39. The molecule has 34 heavy (non-hydrogen) atoms. The number of allylic oxidation sites excluding steroid dienone is 1. The summed E-state index contributed by atoms with van der Waals surface area (Å²) in [6.45, 7) is 4.14. The lowest BCUT2D eigenvalue weighted by Gasteiger charge is -2.37. The second-order valence-corrected chi connectivity index (χ2v) is 9.38. The van der Waals surface area contributed by atoms with Crippen molar-refractivity contribution < 1.29 is 4.52 Å². The Labute approximate surface area is 208 Å². The Kier molecular flexibility index (Phi) is 6.22. The van der Waals surface area contributed by atoms with Crippen molar-refractivity contribution in [1.29, 1.82) is 0 Å². The Morgan fingerprint density at radius 2 is 1.74 bits per heavy atom. The molecule has 7 heteroatoms. The van der Waals surface area contributed by atoms with Gasteiger partial charge in [0.15, 0.2) is 5.11 Å². The van der Waals surface area contributed by atoms with E-state index in [4.69, 9.17) is 21.7 Å². The first-order valence-corrected chi connectivity index (χ1v) is 12.6. The lowest BCUT2D eigenvalue weighted by atomic mass is 9.94. The molecule has 2 heterocycles. The lowest BCUT2D eigenvalue weighted by molar-refractivity contribution is 0.404. The first kappa shape index (κ1) is 22.4. The third-order valence-corrected chi connectivity index (χ3v) is 6.92. The summed E-state index contributed by atoms with van der Waals surface area (Å²) < 4.78 is 5.84. The van der Waals surface area contributed by atoms with E-state index in [1.165, 1.54) is 10.5 Å². The topological polar surface area (TPSA) is 54.2 Å². The molecular formula is C27H24N4OS2. The molecule has 1 unspecified atom stereocenters. The molecule has 0 fully saturated rings. The number of nitrogens with one attached hydrogen (secondary N) is 1. The minimum absolute atomic E-state index is 0.211. The monoisotopic (exact) mass is 484 g/mol. The van der Waals surface area contributed by atoms with Gasteiger partial charge in [-0.1, -0.05) is 71.4 Å². The summed E-state index contributed by atoms with van der Waals surface area (Å²) in [5, 5.41) is 8.44. The lowest BCUT2D eigenvalue weighted by Crippen LogP contribution is -2.46. The van der Waals surface area contributed by atoms with E-state index in [1.54, 1.807) is 11.8 Å². The van der Waals surface area contributed by atoms with Crippen molar-refractivity contribution >= 4 is 40.4 Å². The van der Waals surface area contributed by atoms with Crippen LogP contribution in [0, 0.1) is 6.92 Å². The highest BCUT2D eigenvalue weighted by Gasteiger charge is 2.34. The van der Waals surface area contributed by atoms with Crippen LogP contribution in [-0.2, 0) is 0 Å². The second-order valence-electron chi connectivity index (χ2n) is 8.12. The van der Waals surface area contributed by atoms with Crippen molar-refractivity contribution in [3.05, 3.63) is 102 Å². The fourth-order valence-electron chi connectivity index (χ4n) is 4.13. The number of benzene rings is 3. The quantitative estimate of drug-likeness (QED) is 0.252. The Morgan fingerprint density at radius 3 is 2.47 bits per heavy atom. The number of thiocarbonyl (C=S) groups is 1. The summed E-state index contributed by atoms with van der Waals surface area (Å²) in [6.07, 6.45) is 2.07. The molecule has 0 amide bonds. The van der Waals surface area contributed by atoms with Gasteiger partial charge in [0.05, 0.1) is 11.6 Å². The third-order valence-electron chi connectivity index (χ3n) is 5.90. The molecule has 3 aromatic carbocycles. The summed E-state index contributed by atoms with van der Waals surface area (Å²) in [7, 11) is 0. The van der Waals surface area contributed by atoms with Gasteiger partial charge in [0.25, 0.3) is 5.89 Å². The maximum atomic E-state index is 5.86. The van der Waals surface area contributed by atoms with Gasteiger partial charge in [-0.15, -0.1) is 11.8 Å². The Balaban J connectivity index is 1.66. The highest BCUT2D eigenvalue weighted by molar-refractivity contribution is 7.98. The van der Waals surface area contributed by atoms with Gasteiger partial charge in [-0.3, -0.25) is 4.90 Å². The molecule has 0 saturated carbocycles. The number of rotatable bonds is 5. The van der Waals surface area contributed by atoms with Gasteiger partial charge in [0, 0.05) is 21.8 Å². The molecule has 4 aromatic rings. The van der Waals surface area contributed by atoms with E-state index in [-0.39, 0.29) is 6.04 Å². The Morgan fingerprint density at radius 1 is 0.971 bits per heavy atom. The van der Waals surface area contributed by atoms with Crippen molar-refractivity contribution in [2.24, 2.45) is 0 Å². The Hall–Kier alpha value is -3.42. The van der Waals surface area contributed by atoms with Crippen LogP contribution in [0.2, 0.25) is 0 Å². The van der Waals surface area contributed by atoms with E-state index in [9.17, 15) is 0 Å². The van der Waals surface area contributed by atoms with E-state index < -0.39 is 0 Å². The normalized spacial score (nSPS) is 16.0. The average Bonchev–Trinajstić information content (AvgIpc) is 3.35. The van der Waals surface area contributed by atoms with Gasteiger partial charge in [-0.25, -0.2) is 0 Å². The fraction of sp³-hybridized carbons (Fsp3) is 0.148. The van der Waals surface area contributed by atoms with Crippen LogP contribution in [0.25, 0.3) is 17.0 Å². The molecule has 0 aliphatic carbocycles. The minimum Gasteiger partial charge on any atom is -0.351 e. The smallest absolute Gasteiger partial charge is 0.258 e. The van der Waals surface area contributed by atoms with Crippen molar-refractivity contribution in [3.63, 3.8) is 0 Å². The first-order valence-electron chi connectivity index (χ1n) is 11.0. The molecule has 1 aromatic heterocycles. The maximum absolute atomic E-state index is 5.86. The van der Waals surface area contributed by atoms with Crippen LogP contribution in [0.15, 0.2) is 94.0 Å². The van der Waals surface area contributed by atoms with Crippen LogP contribution in [-0.4, -0.2) is 21.5 Å².